The van der Waals surface area contributed by atoms with Crippen LogP contribution in [0, 0.1) is 18.3 Å². The number of alkyl halides is 1. The van der Waals surface area contributed by atoms with Crippen LogP contribution in [-0.4, -0.2) is 18.5 Å². The zero-order chi connectivity index (χ0) is 24.5. The summed E-state index contributed by atoms with van der Waals surface area (Å²) in [6.45, 7) is 1.52. The average Bonchev–Trinajstić information content (AvgIpc) is 2.88. The average molecular weight is 468 g/mol. The van der Waals surface area contributed by atoms with E-state index in [9.17, 15) is 14.0 Å². The van der Waals surface area contributed by atoms with Crippen LogP contribution in [0.1, 0.15) is 28.3 Å². The smallest absolute Gasteiger partial charge is 0.326 e. The summed E-state index contributed by atoms with van der Waals surface area (Å²) in [6, 6.07) is 22.1. The van der Waals surface area contributed by atoms with E-state index in [2.05, 4.69) is 16.8 Å². The molecule has 0 bridgehead atoms. The number of hydrazine groups is 1. The Bertz CT molecular complexity index is 1390. The zero-order valence-electron chi connectivity index (χ0n) is 19.0. The van der Waals surface area contributed by atoms with Crippen LogP contribution in [0.4, 0.5) is 20.6 Å². The van der Waals surface area contributed by atoms with Crippen LogP contribution in [0.3, 0.4) is 0 Å². The molecule has 0 saturated carbocycles. The van der Waals surface area contributed by atoms with Crippen molar-refractivity contribution in [1.82, 2.24) is 10.7 Å². The standard InChI is InChI=1S/C27H22FN5O2/c1-17-4-2-6-21(12-17)32-16-23-24(26(34)31-32)25(20-10-8-18(15-29)9-11-20)30-27(35)33(23)22-7-3-5-19(13-22)14-28/h2-13,25H,14,16H2,1H3,(H,30,35)(H,31,34)/t25-/m1/s1. The second kappa shape index (κ2) is 8.95. The van der Waals surface area contributed by atoms with Gasteiger partial charge in [-0.25, -0.2) is 9.18 Å². The minimum atomic E-state index is -0.703. The van der Waals surface area contributed by atoms with Gasteiger partial charge < -0.3 is 5.32 Å². The lowest BCUT2D eigenvalue weighted by atomic mass is 9.92. The minimum Gasteiger partial charge on any atom is -0.326 e. The summed E-state index contributed by atoms with van der Waals surface area (Å²) in [6.07, 6.45) is 0. The molecular formula is C27H22FN5O2. The number of rotatable bonds is 4. The quantitative estimate of drug-likeness (QED) is 0.595. The van der Waals surface area contributed by atoms with Crippen molar-refractivity contribution in [2.45, 2.75) is 19.6 Å². The molecule has 1 atom stereocenters. The Balaban J connectivity index is 1.65. The van der Waals surface area contributed by atoms with E-state index in [1.807, 2.05) is 31.2 Å². The van der Waals surface area contributed by atoms with Gasteiger partial charge in [0, 0.05) is 0 Å². The SMILES string of the molecule is Cc1cccc(N2CC3=C(C(=O)N2)[C@@H](c2ccc(C#N)cc2)NC(=O)N3c2cccc(CF)c2)c1. The summed E-state index contributed by atoms with van der Waals surface area (Å²) in [5.41, 5.74) is 7.71. The number of aryl methyl sites for hydroxylation is 1. The van der Waals surface area contributed by atoms with Crippen LogP contribution in [0.25, 0.3) is 0 Å². The highest BCUT2D eigenvalue weighted by Gasteiger charge is 2.42. The number of urea groups is 1. The molecule has 8 heteroatoms. The molecule has 0 radical (unpaired) electrons. The third-order valence-corrected chi connectivity index (χ3v) is 6.14. The van der Waals surface area contributed by atoms with E-state index < -0.39 is 18.7 Å². The predicted molar refractivity (Wildman–Crippen MR) is 130 cm³/mol. The van der Waals surface area contributed by atoms with Gasteiger partial charge in [0.05, 0.1) is 46.9 Å². The maximum absolute atomic E-state index is 13.5. The van der Waals surface area contributed by atoms with Gasteiger partial charge in [-0.05, 0) is 60.0 Å². The number of halogens is 1. The molecule has 0 fully saturated rings. The van der Waals surface area contributed by atoms with E-state index in [4.69, 9.17) is 5.26 Å². The number of nitrogens with zero attached hydrogens (tertiary/aromatic N) is 3. The fourth-order valence-electron chi connectivity index (χ4n) is 4.46. The number of hydrogen-bond acceptors (Lipinski definition) is 4. The number of carbonyl (C=O) groups excluding carboxylic acids is 2. The second-order valence-corrected chi connectivity index (χ2v) is 8.48. The summed E-state index contributed by atoms with van der Waals surface area (Å²) in [7, 11) is 0. The second-order valence-electron chi connectivity index (χ2n) is 8.48. The number of benzene rings is 3. The van der Waals surface area contributed by atoms with E-state index in [1.165, 1.54) is 4.90 Å². The van der Waals surface area contributed by atoms with Gasteiger partial charge in [-0.3, -0.25) is 20.1 Å². The molecule has 174 valence electrons. The van der Waals surface area contributed by atoms with Gasteiger partial charge in [0.15, 0.2) is 0 Å². The van der Waals surface area contributed by atoms with Crippen LogP contribution in [0.2, 0.25) is 0 Å². The van der Waals surface area contributed by atoms with E-state index in [-0.39, 0.29) is 12.5 Å². The number of nitriles is 1. The molecule has 2 N–H and O–H groups in total. The number of carbonyl (C=O) groups is 2. The summed E-state index contributed by atoms with van der Waals surface area (Å²) < 4.78 is 13.4. The van der Waals surface area contributed by atoms with Gasteiger partial charge in [0.2, 0.25) is 0 Å². The Labute approximate surface area is 202 Å². The molecule has 7 nitrogen and oxygen atoms in total. The molecule has 0 saturated heterocycles. The molecule has 2 aliphatic heterocycles. The Morgan fingerprint density at radius 2 is 1.77 bits per heavy atom. The van der Waals surface area contributed by atoms with Crippen molar-refractivity contribution in [3.63, 3.8) is 0 Å². The minimum absolute atomic E-state index is 0.227. The normalized spacial score (nSPS) is 17.5. The lowest BCUT2D eigenvalue weighted by molar-refractivity contribution is -0.118. The third kappa shape index (κ3) is 4.08. The summed E-state index contributed by atoms with van der Waals surface area (Å²) in [4.78, 5) is 28.4. The predicted octanol–water partition coefficient (Wildman–Crippen LogP) is 4.41. The van der Waals surface area contributed by atoms with E-state index >= 15 is 0 Å². The molecule has 3 aromatic carbocycles. The van der Waals surface area contributed by atoms with Gasteiger partial charge in [-0.2, -0.15) is 5.26 Å². The van der Waals surface area contributed by atoms with Gasteiger partial charge in [0.1, 0.15) is 6.67 Å². The van der Waals surface area contributed by atoms with E-state index in [1.54, 1.807) is 53.5 Å². The molecule has 5 rings (SSSR count). The van der Waals surface area contributed by atoms with Crippen LogP contribution < -0.4 is 20.7 Å². The Kier molecular flexibility index (Phi) is 5.67. The Morgan fingerprint density at radius 1 is 1.03 bits per heavy atom. The fourth-order valence-corrected chi connectivity index (χ4v) is 4.46. The summed E-state index contributed by atoms with van der Waals surface area (Å²) >= 11 is 0. The first kappa shape index (κ1) is 22.2. The van der Waals surface area contributed by atoms with Crippen LogP contribution in [0.5, 0.6) is 0 Å². The molecule has 35 heavy (non-hydrogen) atoms. The van der Waals surface area contributed by atoms with E-state index in [0.29, 0.717) is 33.6 Å². The highest BCUT2D eigenvalue weighted by Crippen LogP contribution is 2.37. The molecule has 3 amide bonds. The van der Waals surface area contributed by atoms with Crippen molar-refractivity contribution < 1.29 is 14.0 Å². The Hall–Kier alpha value is -4.64. The van der Waals surface area contributed by atoms with Crippen molar-refractivity contribution >= 4 is 23.3 Å². The van der Waals surface area contributed by atoms with Crippen molar-refractivity contribution in [3.8, 4) is 6.07 Å². The number of hydrogen-bond donors (Lipinski definition) is 2. The van der Waals surface area contributed by atoms with Gasteiger partial charge >= 0.3 is 6.03 Å². The summed E-state index contributed by atoms with van der Waals surface area (Å²) in [5.74, 6) is -0.353. The zero-order valence-corrected chi connectivity index (χ0v) is 19.0. The van der Waals surface area contributed by atoms with Crippen LogP contribution in [-0.2, 0) is 11.5 Å². The molecule has 3 aromatic rings. The molecule has 0 aromatic heterocycles. The first-order valence-corrected chi connectivity index (χ1v) is 11.1. The fraction of sp³-hybridized carbons (Fsp3) is 0.148. The monoisotopic (exact) mass is 467 g/mol. The van der Waals surface area contributed by atoms with Crippen LogP contribution >= 0.6 is 0 Å². The topological polar surface area (TPSA) is 88.5 Å². The molecule has 0 spiro atoms. The first-order chi connectivity index (χ1) is 17.0. The van der Waals surface area contributed by atoms with Crippen molar-refractivity contribution in [3.05, 3.63) is 106 Å². The maximum Gasteiger partial charge on any atom is 0.327 e. The molecule has 2 aliphatic rings. The number of nitrogens with one attached hydrogen (secondary N) is 2. The Morgan fingerprint density at radius 3 is 2.49 bits per heavy atom. The third-order valence-electron chi connectivity index (χ3n) is 6.14. The largest absolute Gasteiger partial charge is 0.327 e. The highest BCUT2D eigenvalue weighted by molar-refractivity contribution is 6.06. The first-order valence-electron chi connectivity index (χ1n) is 11.1. The van der Waals surface area contributed by atoms with Gasteiger partial charge in [-0.1, -0.05) is 36.4 Å². The molecule has 2 heterocycles. The maximum atomic E-state index is 13.5. The summed E-state index contributed by atoms with van der Waals surface area (Å²) in [5, 5.41) is 13.8. The highest BCUT2D eigenvalue weighted by atomic mass is 19.1. The van der Waals surface area contributed by atoms with Crippen LogP contribution in [0.15, 0.2) is 84.1 Å². The van der Waals surface area contributed by atoms with Gasteiger partial charge in [0.25, 0.3) is 5.91 Å². The van der Waals surface area contributed by atoms with Crippen molar-refractivity contribution in [1.29, 1.82) is 5.26 Å². The molecule has 0 aliphatic carbocycles. The van der Waals surface area contributed by atoms with Crippen molar-refractivity contribution in [2.75, 3.05) is 16.5 Å². The van der Waals surface area contributed by atoms with Gasteiger partial charge in [-0.15, -0.1) is 0 Å². The molecular weight excluding hydrogens is 445 g/mol. The van der Waals surface area contributed by atoms with Crippen molar-refractivity contribution in [2.24, 2.45) is 0 Å². The molecule has 0 unspecified atom stereocenters. The number of amides is 3. The number of anilines is 2. The lowest BCUT2D eigenvalue weighted by Gasteiger charge is -2.42. The van der Waals surface area contributed by atoms with E-state index in [0.717, 1.165) is 11.3 Å². The lowest BCUT2D eigenvalue weighted by Crippen LogP contribution is -2.58.